The summed E-state index contributed by atoms with van der Waals surface area (Å²) >= 11 is 0. The van der Waals surface area contributed by atoms with Gasteiger partial charge in [0.2, 0.25) is 0 Å². The summed E-state index contributed by atoms with van der Waals surface area (Å²) in [6.07, 6.45) is 55.9. The van der Waals surface area contributed by atoms with Gasteiger partial charge in [0.25, 0.3) is 0 Å². The van der Waals surface area contributed by atoms with Crippen molar-refractivity contribution in [3.63, 3.8) is 0 Å². The van der Waals surface area contributed by atoms with Gasteiger partial charge in [-0.1, -0.05) is 220 Å². The minimum absolute atomic E-state index is 0.639. The normalized spacial score (nSPS) is 14.8. The third-order valence-electron chi connectivity index (χ3n) is 10.6. The third-order valence-corrected chi connectivity index (χ3v) is 10.6. The first kappa shape index (κ1) is 42.4. The minimum Gasteiger partial charge on any atom is -0.356 e. The lowest BCUT2D eigenvalue weighted by molar-refractivity contribution is 0.135. The highest BCUT2D eigenvalue weighted by atomic mass is 15.4. The smallest absolute Gasteiger partial charge is 0.101 e. The molecule has 1 aliphatic heterocycles. The van der Waals surface area contributed by atoms with Crippen LogP contribution >= 0.6 is 0 Å². The monoisotopic (exact) mass is 631 g/mol. The molecule has 1 heterocycles. The summed E-state index contributed by atoms with van der Waals surface area (Å²) in [5.41, 5.74) is 0. The molecule has 0 aromatic carbocycles. The Morgan fingerprint density at radius 1 is 0.289 bits per heavy atom. The van der Waals surface area contributed by atoms with E-state index in [4.69, 9.17) is 0 Å². The number of nitrogens with zero attached hydrogens (tertiary/aromatic N) is 2. The van der Waals surface area contributed by atoms with Crippen LogP contribution in [0.25, 0.3) is 0 Å². The van der Waals surface area contributed by atoms with E-state index in [1.807, 2.05) is 0 Å². The van der Waals surface area contributed by atoms with Gasteiger partial charge in [-0.3, -0.25) is 0 Å². The summed E-state index contributed by atoms with van der Waals surface area (Å²) in [6, 6.07) is 0. The predicted octanol–water partition coefficient (Wildman–Crippen LogP) is 15.1. The van der Waals surface area contributed by atoms with Gasteiger partial charge in [-0.25, -0.2) is 0 Å². The van der Waals surface area contributed by atoms with Crippen LogP contribution in [0.2, 0.25) is 0 Å². The average Bonchev–Trinajstić information content (AvgIpc) is 3.43. The Labute approximate surface area is 286 Å². The fourth-order valence-electron chi connectivity index (χ4n) is 7.42. The van der Waals surface area contributed by atoms with Crippen molar-refractivity contribution < 1.29 is 0 Å². The molecule has 0 radical (unpaired) electrons. The number of hydrogen-bond donors (Lipinski definition) is 0. The lowest BCUT2D eigenvalue weighted by Crippen LogP contribution is -2.39. The molecule has 1 atom stereocenters. The van der Waals surface area contributed by atoms with Crippen LogP contribution in [0, 0.1) is 0 Å². The molecule has 0 saturated heterocycles. The van der Waals surface area contributed by atoms with E-state index < -0.39 is 0 Å². The molecule has 1 aliphatic rings. The molecule has 0 bridgehead atoms. The van der Waals surface area contributed by atoms with Gasteiger partial charge in [0.1, 0.15) is 6.17 Å². The summed E-state index contributed by atoms with van der Waals surface area (Å²) in [4.78, 5) is 5.43. The zero-order chi connectivity index (χ0) is 32.3. The van der Waals surface area contributed by atoms with Crippen molar-refractivity contribution >= 4 is 0 Å². The van der Waals surface area contributed by atoms with Crippen molar-refractivity contribution in [1.82, 2.24) is 9.80 Å². The first-order valence-electron chi connectivity index (χ1n) is 21.5. The van der Waals surface area contributed by atoms with E-state index in [2.05, 4.69) is 43.0 Å². The summed E-state index contributed by atoms with van der Waals surface area (Å²) in [5.74, 6) is 0. The van der Waals surface area contributed by atoms with Crippen LogP contribution in [0.1, 0.15) is 245 Å². The van der Waals surface area contributed by atoms with Crippen LogP contribution in [0.15, 0.2) is 12.4 Å². The van der Waals surface area contributed by atoms with E-state index in [0.717, 1.165) is 0 Å². The van der Waals surface area contributed by atoms with E-state index in [1.54, 1.807) is 0 Å². The number of unbranched alkanes of at least 4 members (excludes halogenated alkanes) is 31. The minimum atomic E-state index is 0.639. The van der Waals surface area contributed by atoms with E-state index in [1.165, 1.54) is 238 Å². The van der Waals surface area contributed by atoms with Crippen LogP contribution in [0.3, 0.4) is 0 Å². The molecule has 45 heavy (non-hydrogen) atoms. The van der Waals surface area contributed by atoms with Crippen molar-refractivity contribution in [2.45, 2.75) is 252 Å². The highest BCUT2D eigenvalue weighted by molar-refractivity contribution is 4.97. The first-order chi connectivity index (χ1) is 22.3. The summed E-state index contributed by atoms with van der Waals surface area (Å²) < 4.78 is 0. The molecule has 0 aliphatic carbocycles. The van der Waals surface area contributed by atoms with Gasteiger partial charge in [0, 0.05) is 25.5 Å². The molecular formula is C43H86N2. The SMILES string of the molecule is CCCCCCCCCCCCCCCCCCC1N(CCCCCCCC)C=CN1CCCCCCCCCCCCCC. The summed E-state index contributed by atoms with van der Waals surface area (Å²) in [5, 5.41) is 0. The Bertz CT molecular complexity index is 586. The number of rotatable bonds is 37. The zero-order valence-electron chi connectivity index (χ0n) is 31.8. The zero-order valence-corrected chi connectivity index (χ0v) is 31.8. The van der Waals surface area contributed by atoms with Crippen LogP contribution in [-0.2, 0) is 0 Å². The lowest BCUT2D eigenvalue weighted by atomic mass is 10.0. The van der Waals surface area contributed by atoms with Crippen LogP contribution in [-0.4, -0.2) is 29.1 Å². The Morgan fingerprint density at radius 2 is 0.511 bits per heavy atom. The first-order valence-corrected chi connectivity index (χ1v) is 21.5. The van der Waals surface area contributed by atoms with E-state index in [9.17, 15) is 0 Å². The highest BCUT2D eigenvalue weighted by Gasteiger charge is 2.24. The molecule has 0 N–H and O–H groups in total. The fraction of sp³-hybridized carbons (Fsp3) is 0.953. The second kappa shape index (κ2) is 34.7. The highest BCUT2D eigenvalue weighted by Crippen LogP contribution is 2.24. The molecule has 1 rings (SSSR count). The van der Waals surface area contributed by atoms with Crippen molar-refractivity contribution in [3.05, 3.63) is 12.4 Å². The maximum atomic E-state index is 2.72. The van der Waals surface area contributed by atoms with Gasteiger partial charge in [-0.05, 0) is 25.7 Å². The average molecular weight is 631 g/mol. The van der Waals surface area contributed by atoms with E-state index in [0.29, 0.717) is 6.17 Å². The largest absolute Gasteiger partial charge is 0.356 e. The Morgan fingerprint density at radius 3 is 0.778 bits per heavy atom. The van der Waals surface area contributed by atoms with Crippen molar-refractivity contribution in [1.29, 1.82) is 0 Å². The Balaban J connectivity index is 2.14. The lowest BCUT2D eigenvalue weighted by Gasteiger charge is -2.33. The quantitative estimate of drug-likeness (QED) is 0.0630. The van der Waals surface area contributed by atoms with Crippen molar-refractivity contribution in [2.24, 2.45) is 0 Å². The fourth-order valence-corrected chi connectivity index (χ4v) is 7.42. The van der Waals surface area contributed by atoms with Gasteiger partial charge >= 0.3 is 0 Å². The van der Waals surface area contributed by atoms with E-state index in [-0.39, 0.29) is 0 Å². The van der Waals surface area contributed by atoms with Crippen LogP contribution in [0.4, 0.5) is 0 Å². The molecule has 1 unspecified atom stereocenters. The molecule has 0 aromatic rings. The van der Waals surface area contributed by atoms with Gasteiger partial charge in [0.05, 0.1) is 0 Å². The summed E-state index contributed by atoms with van der Waals surface area (Å²) in [6.45, 7) is 9.48. The number of hydrogen-bond acceptors (Lipinski definition) is 2. The van der Waals surface area contributed by atoms with Gasteiger partial charge < -0.3 is 9.80 Å². The molecule has 0 fully saturated rings. The molecule has 2 heteroatoms. The third kappa shape index (κ3) is 27.0. The molecule has 2 nitrogen and oxygen atoms in total. The molecule has 0 amide bonds. The topological polar surface area (TPSA) is 6.48 Å². The van der Waals surface area contributed by atoms with Crippen molar-refractivity contribution in [2.75, 3.05) is 13.1 Å². The van der Waals surface area contributed by atoms with Crippen LogP contribution < -0.4 is 0 Å². The summed E-state index contributed by atoms with van der Waals surface area (Å²) in [7, 11) is 0. The molecular weight excluding hydrogens is 544 g/mol. The second-order valence-electron chi connectivity index (χ2n) is 15.0. The Hall–Kier alpha value is -0.660. The maximum Gasteiger partial charge on any atom is 0.101 e. The van der Waals surface area contributed by atoms with Gasteiger partial charge in [-0.15, -0.1) is 0 Å². The van der Waals surface area contributed by atoms with Crippen LogP contribution in [0.5, 0.6) is 0 Å². The Kier molecular flexibility index (Phi) is 32.6. The van der Waals surface area contributed by atoms with Gasteiger partial charge in [0.15, 0.2) is 0 Å². The molecule has 0 spiro atoms. The second-order valence-corrected chi connectivity index (χ2v) is 15.0. The van der Waals surface area contributed by atoms with Gasteiger partial charge in [-0.2, -0.15) is 0 Å². The molecule has 268 valence electrons. The molecule has 0 saturated carbocycles. The maximum absolute atomic E-state index is 2.72. The van der Waals surface area contributed by atoms with Crippen molar-refractivity contribution in [3.8, 4) is 0 Å². The van der Waals surface area contributed by atoms with E-state index >= 15 is 0 Å². The standard InChI is InChI=1S/C43H86N2/c1-4-7-10-13-16-18-20-22-23-24-25-26-28-30-32-35-38-43-44(39-36-33-15-12-9-6-3)41-42-45(43)40-37-34-31-29-27-21-19-17-14-11-8-5-2/h41-43H,4-40H2,1-3H3. The molecule has 0 aromatic heterocycles. The predicted molar refractivity (Wildman–Crippen MR) is 205 cm³/mol.